The summed E-state index contributed by atoms with van der Waals surface area (Å²) < 4.78 is 5.10. The van der Waals surface area contributed by atoms with Gasteiger partial charge in [-0.3, -0.25) is 10.1 Å². The minimum atomic E-state index is -0.273. The predicted octanol–water partition coefficient (Wildman–Crippen LogP) is 1.92. The average Bonchev–Trinajstić information content (AvgIpc) is 2.63. The number of hydrogen-bond acceptors (Lipinski definition) is 3. The van der Waals surface area contributed by atoms with Crippen molar-refractivity contribution in [3.63, 3.8) is 0 Å². The Labute approximate surface area is 108 Å². The molecule has 2 atom stereocenters. The van der Waals surface area contributed by atoms with Crippen molar-refractivity contribution >= 4 is 11.6 Å². The van der Waals surface area contributed by atoms with Gasteiger partial charge in [0, 0.05) is 24.4 Å². The van der Waals surface area contributed by atoms with E-state index in [2.05, 4.69) is 16.7 Å². The molecule has 18 heavy (non-hydrogen) atoms. The molecule has 2 N–H and O–H groups in total. The van der Waals surface area contributed by atoms with Crippen LogP contribution < -0.4 is 10.6 Å². The molecule has 0 saturated heterocycles. The molecule has 1 aliphatic heterocycles. The van der Waals surface area contributed by atoms with Gasteiger partial charge >= 0.3 is 0 Å². The summed E-state index contributed by atoms with van der Waals surface area (Å²) in [4.78, 5) is 12.1. The van der Waals surface area contributed by atoms with Gasteiger partial charge in [-0.1, -0.05) is 12.1 Å². The first-order valence-corrected chi connectivity index (χ1v) is 6.20. The van der Waals surface area contributed by atoms with Crippen LogP contribution in [0.15, 0.2) is 12.1 Å². The summed E-state index contributed by atoms with van der Waals surface area (Å²) in [6.07, 6.45) is 0. The zero-order chi connectivity index (χ0) is 13.3. The molecule has 0 spiro atoms. The molecule has 0 aliphatic carbocycles. The molecule has 1 aliphatic rings. The van der Waals surface area contributed by atoms with Crippen molar-refractivity contribution in [1.29, 1.82) is 0 Å². The number of methoxy groups -OCH3 is 1. The second-order valence-electron chi connectivity index (χ2n) is 4.93. The maximum absolute atomic E-state index is 12.1. The third-order valence-corrected chi connectivity index (χ3v) is 3.34. The molecule has 0 radical (unpaired) electrons. The van der Waals surface area contributed by atoms with Crippen LogP contribution >= 0.6 is 0 Å². The number of benzene rings is 1. The molecule has 1 heterocycles. The first-order chi connectivity index (χ1) is 8.54. The number of hydrogen-bond donors (Lipinski definition) is 2. The lowest BCUT2D eigenvalue weighted by Crippen LogP contribution is -2.37. The van der Waals surface area contributed by atoms with Gasteiger partial charge in [0.05, 0.1) is 6.61 Å². The molecule has 0 saturated carbocycles. The molecule has 1 amide bonds. The highest BCUT2D eigenvalue weighted by atomic mass is 16.5. The van der Waals surface area contributed by atoms with Crippen LogP contribution in [0.1, 0.15) is 29.7 Å². The summed E-state index contributed by atoms with van der Waals surface area (Å²) in [6, 6.07) is 3.96. The molecule has 1 aromatic rings. The Morgan fingerprint density at radius 1 is 1.39 bits per heavy atom. The third kappa shape index (κ3) is 2.26. The number of rotatable bonds is 4. The highest BCUT2D eigenvalue weighted by molar-refractivity contribution is 6.03. The molecule has 4 nitrogen and oxygen atoms in total. The zero-order valence-corrected chi connectivity index (χ0v) is 11.3. The summed E-state index contributed by atoms with van der Waals surface area (Å²) in [5.41, 5.74) is 4.27. The maximum atomic E-state index is 12.1. The van der Waals surface area contributed by atoms with E-state index in [9.17, 15) is 4.79 Å². The van der Waals surface area contributed by atoms with Gasteiger partial charge in [-0.05, 0) is 31.9 Å². The second kappa shape index (κ2) is 5.08. The number of fused-ring (bicyclic) bond motifs is 1. The van der Waals surface area contributed by atoms with Crippen molar-refractivity contribution in [3.8, 4) is 0 Å². The van der Waals surface area contributed by atoms with Crippen molar-refractivity contribution in [1.82, 2.24) is 5.32 Å². The van der Waals surface area contributed by atoms with Gasteiger partial charge in [-0.2, -0.15) is 0 Å². The summed E-state index contributed by atoms with van der Waals surface area (Å²) in [5.74, 6) is 0.0188. The Morgan fingerprint density at radius 3 is 2.72 bits per heavy atom. The van der Waals surface area contributed by atoms with E-state index in [1.807, 2.05) is 26.8 Å². The maximum Gasteiger partial charge on any atom is 0.246 e. The van der Waals surface area contributed by atoms with E-state index in [0.29, 0.717) is 6.61 Å². The molecular formula is C14H20N2O2. The second-order valence-corrected chi connectivity index (χ2v) is 4.93. The van der Waals surface area contributed by atoms with Gasteiger partial charge in [-0.15, -0.1) is 0 Å². The Morgan fingerprint density at radius 2 is 2.06 bits per heavy atom. The topological polar surface area (TPSA) is 50.4 Å². The quantitative estimate of drug-likeness (QED) is 0.856. The minimum Gasteiger partial charge on any atom is -0.383 e. The number of ether oxygens (including phenoxy) is 1. The number of amides is 1. The van der Waals surface area contributed by atoms with E-state index >= 15 is 0 Å². The summed E-state index contributed by atoms with van der Waals surface area (Å²) >= 11 is 0. The predicted molar refractivity (Wildman–Crippen MR) is 71.8 cm³/mol. The smallest absolute Gasteiger partial charge is 0.246 e. The van der Waals surface area contributed by atoms with Crippen LogP contribution in [0.5, 0.6) is 0 Å². The van der Waals surface area contributed by atoms with Gasteiger partial charge in [-0.25, -0.2) is 0 Å². The lowest BCUT2D eigenvalue weighted by Gasteiger charge is -2.19. The fourth-order valence-corrected chi connectivity index (χ4v) is 2.44. The minimum absolute atomic E-state index is 0.0188. The van der Waals surface area contributed by atoms with Gasteiger partial charge in [0.1, 0.15) is 6.04 Å². The van der Waals surface area contributed by atoms with Crippen LogP contribution in [0.4, 0.5) is 5.69 Å². The Hall–Kier alpha value is -1.39. The van der Waals surface area contributed by atoms with Crippen LogP contribution in [0.25, 0.3) is 0 Å². The summed E-state index contributed by atoms with van der Waals surface area (Å²) in [7, 11) is 1.66. The Kier molecular flexibility index (Phi) is 3.68. The molecule has 0 bridgehead atoms. The Balaban J connectivity index is 2.30. The molecule has 0 aromatic heterocycles. The lowest BCUT2D eigenvalue weighted by atomic mass is 9.99. The number of carbonyl (C=O) groups excluding carboxylic acids is 1. The van der Waals surface area contributed by atoms with Gasteiger partial charge in [0.25, 0.3) is 0 Å². The van der Waals surface area contributed by atoms with Crippen LogP contribution in [-0.4, -0.2) is 25.7 Å². The van der Waals surface area contributed by atoms with Gasteiger partial charge in [0.2, 0.25) is 5.91 Å². The summed E-state index contributed by atoms with van der Waals surface area (Å²) in [6.45, 7) is 6.65. The average molecular weight is 248 g/mol. The number of nitrogens with one attached hydrogen (secondary N) is 2. The molecule has 0 fully saturated rings. The van der Waals surface area contributed by atoms with E-state index in [0.717, 1.165) is 22.4 Å². The highest BCUT2D eigenvalue weighted by Gasteiger charge is 2.33. The van der Waals surface area contributed by atoms with Crippen molar-refractivity contribution < 1.29 is 9.53 Å². The van der Waals surface area contributed by atoms with Crippen LogP contribution in [0.3, 0.4) is 0 Å². The zero-order valence-electron chi connectivity index (χ0n) is 11.3. The first-order valence-electron chi connectivity index (χ1n) is 6.20. The molecule has 4 heteroatoms. The third-order valence-electron chi connectivity index (χ3n) is 3.34. The van der Waals surface area contributed by atoms with Gasteiger partial charge in [0.15, 0.2) is 0 Å². The van der Waals surface area contributed by atoms with E-state index in [-0.39, 0.29) is 18.0 Å². The first kappa shape index (κ1) is 13.1. The van der Waals surface area contributed by atoms with E-state index < -0.39 is 0 Å². The van der Waals surface area contributed by atoms with Crippen LogP contribution in [0, 0.1) is 13.8 Å². The molecular weight excluding hydrogens is 228 g/mol. The van der Waals surface area contributed by atoms with Gasteiger partial charge < -0.3 is 10.1 Å². The number of carbonyl (C=O) groups is 1. The van der Waals surface area contributed by atoms with Crippen LogP contribution in [0.2, 0.25) is 0 Å². The summed E-state index contributed by atoms with van der Waals surface area (Å²) in [5, 5.41) is 6.28. The van der Waals surface area contributed by atoms with Crippen LogP contribution in [-0.2, 0) is 9.53 Å². The SMILES string of the molecule is COCC(C)NC1C(=O)Nc2c(C)ccc(C)c21. The monoisotopic (exact) mass is 248 g/mol. The largest absolute Gasteiger partial charge is 0.383 e. The van der Waals surface area contributed by atoms with Crippen molar-refractivity contribution in [2.24, 2.45) is 0 Å². The lowest BCUT2D eigenvalue weighted by molar-refractivity contribution is -0.117. The molecule has 98 valence electrons. The fourth-order valence-electron chi connectivity index (χ4n) is 2.44. The molecule has 2 rings (SSSR count). The number of aryl methyl sites for hydroxylation is 2. The fraction of sp³-hybridized carbons (Fsp3) is 0.500. The van der Waals surface area contributed by atoms with Crippen molar-refractivity contribution in [2.45, 2.75) is 32.9 Å². The Bertz CT molecular complexity index is 471. The van der Waals surface area contributed by atoms with E-state index in [1.165, 1.54) is 0 Å². The van der Waals surface area contributed by atoms with E-state index in [4.69, 9.17) is 4.74 Å². The molecule has 1 aromatic carbocycles. The van der Waals surface area contributed by atoms with Crippen molar-refractivity contribution in [2.75, 3.05) is 19.0 Å². The molecule has 2 unspecified atom stereocenters. The van der Waals surface area contributed by atoms with E-state index in [1.54, 1.807) is 7.11 Å². The highest BCUT2D eigenvalue weighted by Crippen LogP contribution is 2.36. The number of anilines is 1. The van der Waals surface area contributed by atoms with Crippen molar-refractivity contribution in [3.05, 3.63) is 28.8 Å². The standard InChI is InChI=1S/C14H20N2O2/c1-8-5-6-9(2)12-11(8)13(14(17)16-12)15-10(3)7-18-4/h5-6,10,13,15H,7H2,1-4H3,(H,16,17). The normalized spacial score (nSPS) is 19.6.